The zero-order valence-corrected chi connectivity index (χ0v) is 23.1. The summed E-state index contributed by atoms with van der Waals surface area (Å²) < 4.78 is 36.6. The van der Waals surface area contributed by atoms with Crippen LogP contribution in [0, 0.1) is 0 Å². The van der Waals surface area contributed by atoms with Gasteiger partial charge in [0.05, 0.1) is 50.5 Å². The Hall–Kier alpha value is -4.12. The van der Waals surface area contributed by atoms with Gasteiger partial charge < -0.3 is 19.9 Å². The molecule has 4 heterocycles. The van der Waals surface area contributed by atoms with Crippen molar-refractivity contribution in [2.75, 3.05) is 49.7 Å². The van der Waals surface area contributed by atoms with Crippen LogP contribution in [0.5, 0.6) is 5.88 Å². The third-order valence-corrected chi connectivity index (χ3v) is 7.64. The van der Waals surface area contributed by atoms with Gasteiger partial charge in [0.1, 0.15) is 15.6 Å². The number of ether oxygens (including phenoxy) is 2. The number of carbonyl (C=O) groups is 2. The molecule has 0 unspecified atom stereocenters. The van der Waals surface area contributed by atoms with E-state index < -0.39 is 21.9 Å². The summed E-state index contributed by atoms with van der Waals surface area (Å²) in [6.07, 6.45) is 4.04. The summed E-state index contributed by atoms with van der Waals surface area (Å²) in [4.78, 5) is 35.8. The molecule has 0 radical (unpaired) electrons. The second-order valence-electron chi connectivity index (χ2n) is 8.94. The van der Waals surface area contributed by atoms with Crippen LogP contribution in [0.25, 0.3) is 22.0 Å². The third-order valence-electron chi connectivity index (χ3n) is 6.02. The summed E-state index contributed by atoms with van der Waals surface area (Å²) in [6, 6.07) is 4.97. The molecule has 4 aromatic rings. The van der Waals surface area contributed by atoms with E-state index in [0.29, 0.717) is 65.6 Å². The number of hydrogen-bond donors (Lipinski definition) is 4. The highest BCUT2D eigenvalue weighted by atomic mass is 32.2. The van der Waals surface area contributed by atoms with Crippen molar-refractivity contribution in [1.29, 1.82) is 0 Å². The van der Waals surface area contributed by atoms with Gasteiger partial charge in [-0.2, -0.15) is 5.10 Å². The fourth-order valence-electron chi connectivity index (χ4n) is 4.23. The normalized spacial score (nSPS) is 14.2. The van der Waals surface area contributed by atoms with Crippen molar-refractivity contribution in [1.82, 2.24) is 25.1 Å². The number of amides is 1. The molecule has 14 nitrogen and oxygen atoms in total. The van der Waals surface area contributed by atoms with Gasteiger partial charge in [-0.25, -0.2) is 23.2 Å². The van der Waals surface area contributed by atoms with E-state index in [0.717, 1.165) is 17.6 Å². The fraction of sp³-hybridized carbons (Fsp3) is 0.292. The topological polar surface area (TPSA) is 189 Å². The number of methoxy groups -OCH3 is 1. The summed E-state index contributed by atoms with van der Waals surface area (Å²) in [6.45, 7) is 2.96. The minimum atomic E-state index is -3.61. The highest BCUT2D eigenvalue weighted by Crippen LogP contribution is 2.34. The van der Waals surface area contributed by atoms with Gasteiger partial charge in [-0.15, -0.1) is 11.3 Å². The standard InChI is InChI=1S/C24H25N7O7S2/c1-37-23-18(30-40(2,35)36)9-14(10-25-23)13-7-16(15-11-26-29-17(15)8-13)27-22(32)20-21(24(33)34)39-19(28-20)12-31-3-5-38-6-4-31/h7-11,30H,3-6,12H2,1-2H3,(H,26,29)(H,27,32)(H,33,34). The largest absolute Gasteiger partial charge is 0.480 e. The number of carboxylic acids is 1. The van der Waals surface area contributed by atoms with E-state index in [9.17, 15) is 23.1 Å². The van der Waals surface area contributed by atoms with E-state index in [1.807, 2.05) is 0 Å². The minimum absolute atomic E-state index is 0.0861. The molecule has 1 aromatic carbocycles. The number of aromatic amines is 1. The molecule has 1 saturated heterocycles. The number of aromatic carboxylic acids is 1. The SMILES string of the molecule is COc1ncc(-c2cc(NC(=O)c3nc(CN4CCOCC4)sc3C(=O)O)c3cn[nH]c3c2)cc1NS(C)(=O)=O. The zero-order valence-electron chi connectivity index (χ0n) is 21.4. The predicted octanol–water partition coefficient (Wildman–Crippen LogP) is 2.24. The number of aromatic nitrogens is 4. The smallest absolute Gasteiger partial charge is 0.348 e. The number of benzene rings is 1. The van der Waals surface area contributed by atoms with Gasteiger partial charge in [-0.3, -0.25) is 19.5 Å². The van der Waals surface area contributed by atoms with Crippen LogP contribution in [-0.4, -0.2) is 90.1 Å². The number of carboxylic acid groups (broad SMARTS) is 1. The Balaban J connectivity index is 1.48. The average Bonchev–Trinajstić information content (AvgIpc) is 3.56. The lowest BCUT2D eigenvalue weighted by Crippen LogP contribution is -2.35. The number of H-pyrrole nitrogens is 1. The van der Waals surface area contributed by atoms with Gasteiger partial charge in [0, 0.05) is 30.2 Å². The molecule has 16 heteroatoms. The first-order valence-corrected chi connectivity index (χ1v) is 14.7. The Morgan fingerprint density at radius 1 is 1.18 bits per heavy atom. The van der Waals surface area contributed by atoms with E-state index in [4.69, 9.17) is 9.47 Å². The van der Waals surface area contributed by atoms with Crippen molar-refractivity contribution in [2.24, 2.45) is 0 Å². The number of pyridine rings is 1. The minimum Gasteiger partial charge on any atom is -0.480 e. The fourth-order valence-corrected chi connectivity index (χ4v) is 5.72. The Morgan fingerprint density at radius 2 is 1.93 bits per heavy atom. The van der Waals surface area contributed by atoms with Crippen molar-refractivity contribution in [3.8, 4) is 17.0 Å². The number of morpholine rings is 1. The number of rotatable bonds is 9. The van der Waals surface area contributed by atoms with Crippen LogP contribution in [0.15, 0.2) is 30.6 Å². The molecule has 5 rings (SSSR count). The molecule has 4 N–H and O–H groups in total. The van der Waals surface area contributed by atoms with Gasteiger partial charge >= 0.3 is 5.97 Å². The van der Waals surface area contributed by atoms with E-state index in [1.54, 1.807) is 18.2 Å². The van der Waals surface area contributed by atoms with E-state index in [2.05, 4.69) is 35.1 Å². The lowest BCUT2D eigenvalue weighted by atomic mass is 10.0. The number of hydrogen-bond acceptors (Lipinski definition) is 11. The van der Waals surface area contributed by atoms with Crippen LogP contribution in [0.1, 0.15) is 25.2 Å². The van der Waals surface area contributed by atoms with Crippen LogP contribution in [0.3, 0.4) is 0 Å². The molecule has 40 heavy (non-hydrogen) atoms. The highest BCUT2D eigenvalue weighted by molar-refractivity contribution is 7.92. The maximum atomic E-state index is 13.4. The van der Waals surface area contributed by atoms with Crippen molar-refractivity contribution in [2.45, 2.75) is 6.54 Å². The van der Waals surface area contributed by atoms with Crippen LogP contribution >= 0.6 is 11.3 Å². The first kappa shape index (κ1) is 27.4. The van der Waals surface area contributed by atoms with Gasteiger partial charge in [0.2, 0.25) is 15.9 Å². The molecular formula is C24H25N7O7S2. The second-order valence-corrected chi connectivity index (χ2v) is 11.8. The first-order valence-electron chi connectivity index (χ1n) is 11.9. The second kappa shape index (κ2) is 11.2. The number of thiazole rings is 1. The van der Waals surface area contributed by atoms with E-state index >= 15 is 0 Å². The first-order chi connectivity index (χ1) is 19.1. The number of anilines is 2. The summed E-state index contributed by atoms with van der Waals surface area (Å²) in [5.74, 6) is -1.84. The lowest BCUT2D eigenvalue weighted by Gasteiger charge is -2.25. The molecule has 210 valence electrons. The molecule has 0 aliphatic carbocycles. The molecule has 0 bridgehead atoms. The summed E-state index contributed by atoms with van der Waals surface area (Å²) in [5.41, 5.74) is 1.97. The molecule has 0 spiro atoms. The molecule has 0 saturated carbocycles. The monoisotopic (exact) mass is 587 g/mol. The molecule has 1 fully saturated rings. The van der Waals surface area contributed by atoms with Crippen LogP contribution < -0.4 is 14.8 Å². The van der Waals surface area contributed by atoms with Gasteiger partial charge in [-0.05, 0) is 23.8 Å². The lowest BCUT2D eigenvalue weighted by molar-refractivity contribution is 0.0341. The van der Waals surface area contributed by atoms with E-state index in [-0.39, 0.29) is 22.1 Å². The Bertz CT molecular complexity index is 1690. The van der Waals surface area contributed by atoms with Gasteiger partial charge in [-0.1, -0.05) is 0 Å². The van der Waals surface area contributed by atoms with Crippen molar-refractivity contribution in [3.05, 3.63) is 46.2 Å². The Morgan fingerprint density at radius 3 is 2.62 bits per heavy atom. The molecule has 0 atom stereocenters. The van der Waals surface area contributed by atoms with Gasteiger partial charge in [0.25, 0.3) is 5.91 Å². The molecule has 1 aliphatic heterocycles. The number of sulfonamides is 1. The highest BCUT2D eigenvalue weighted by Gasteiger charge is 2.25. The van der Waals surface area contributed by atoms with Crippen molar-refractivity contribution >= 4 is 55.5 Å². The van der Waals surface area contributed by atoms with Crippen molar-refractivity contribution < 1.29 is 32.6 Å². The van der Waals surface area contributed by atoms with Crippen molar-refractivity contribution in [3.63, 3.8) is 0 Å². The molecule has 1 amide bonds. The van der Waals surface area contributed by atoms with Crippen LogP contribution in [0.2, 0.25) is 0 Å². The number of nitrogens with one attached hydrogen (secondary N) is 3. The predicted molar refractivity (Wildman–Crippen MR) is 147 cm³/mol. The van der Waals surface area contributed by atoms with Crippen LogP contribution in [-0.2, 0) is 21.3 Å². The Labute approximate surface area is 232 Å². The Kier molecular flexibility index (Phi) is 7.66. The number of fused-ring (bicyclic) bond motifs is 1. The van der Waals surface area contributed by atoms with Crippen LogP contribution in [0.4, 0.5) is 11.4 Å². The summed E-state index contributed by atoms with van der Waals surface area (Å²) in [5, 5.41) is 20.5. The summed E-state index contributed by atoms with van der Waals surface area (Å²) >= 11 is 0.966. The average molecular weight is 588 g/mol. The molecular weight excluding hydrogens is 562 g/mol. The quantitative estimate of drug-likeness (QED) is 0.225. The third kappa shape index (κ3) is 6.04. The van der Waals surface area contributed by atoms with Gasteiger partial charge in [0.15, 0.2) is 5.69 Å². The molecule has 3 aromatic heterocycles. The summed E-state index contributed by atoms with van der Waals surface area (Å²) in [7, 11) is -2.24. The molecule has 1 aliphatic rings. The number of carbonyl (C=O) groups excluding carboxylic acids is 1. The van der Waals surface area contributed by atoms with E-state index in [1.165, 1.54) is 19.5 Å². The zero-order chi connectivity index (χ0) is 28.4. The number of nitrogens with zero attached hydrogens (tertiary/aromatic N) is 4. The maximum Gasteiger partial charge on any atom is 0.348 e. The maximum absolute atomic E-state index is 13.4.